The molecule has 0 bridgehead atoms. The second kappa shape index (κ2) is 13.9. The summed E-state index contributed by atoms with van der Waals surface area (Å²) in [7, 11) is -3.64. The number of sulfonamides is 1. The molecule has 2 amide bonds. The van der Waals surface area contributed by atoms with Crippen LogP contribution in [-0.2, 0) is 26.2 Å². The Morgan fingerprint density at radius 3 is 2.26 bits per heavy atom. The fraction of sp³-hybridized carbons (Fsp3) is 0.500. The first-order valence-electron chi connectivity index (χ1n) is 13.2. The van der Waals surface area contributed by atoms with Crippen molar-refractivity contribution in [3.8, 4) is 0 Å². The molecule has 0 aliphatic heterocycles. The van der Waals surface area contributed by atoms with Gasteiger partial charge in [0.25, 0.3) is 0 Å². The van der Waals surface area contributed by atoms with Gasteiger partial charge in [-0.25, -0.2) is 12.8 Å². The lowest BCUT2D eigenvalue weighted by Crippen LogP contribution is -2.51. The van der Waals surface area contributed by atoms with Crippen molar-refractivity contribution in [3.05, 3.63) is 64.9 Å². The van der Waals surface area contributed by atoms with Crippen LogP contribution in [0.25, 0.3) is 0 Å². The van der Waals surface area contributed by atoms with Crippen molar-refractivity contribution in [1.82, 2.24) is 10.2 Å². The van der Waals surface area contributed by atoms with Crippen LogP contribution in [0.15, 0.2) is 48.5 Å². The van der Waals surface area contributed by atoms with Crippen LogP contribution in [0.5, 0.6) is 0 Å². The largest absolute Gasteiger partial charge is 0.352 e. The van der Waals surface area contributed by atoms with Gasteiger partial charge in [-0.15, -0.1) is 0 Å². The highest BCUT2D eigenvalue weighted by atomic mass is 35.5. The second-order valence-electron chi connectivity index (χ2n) is 9.83. The van der Waals surface area contributed by atoms with Crippen molar-refractivity contribution in [1.29, 1.82) is 0 Å². The minimum absolute atomic E-state index is 0.0496. The molecule has 2 aromatic carbocycles. The molecule has 7 nitrogen and oxygen atoms in total. The maximum atomic E-state index is 13.5. The first-order valence-corrected chi connectivity index (χ1v) is 15.4. The number of hydrogen-bond donors (Lipinski definition) is 1. The summed E-state index contributed by atoms with van der Waals surface area (Å²) >= 11 is 6.03. The van der Waals surface area contributed by atoms with Crippen molar-refractivity contribution in [3.63, 3.8) is 0 Å². The summed E-state index contributed by atoms with van der Waals surface area (Å²) in [5.74, 6) is -0.865. The Hall–Kier alpha value is -2.65. The van der Waals surface area contributed by atoms with Crippen LogP contribution in [0.4, 0.5) is 10.1 Å². The van der Waals surface area contributed by atoms with E-state index in [1.165, 1.54) is 30.7 Å². The zero-order valence-electron chi connectivity index (χ0n) is 22.0. The number of nitrogens with one attached hydrogen (secondary N) is 1. The molecule has 1 fully saturated rings. The van der Waals surface area contributed by atoms with Crippen LogP contribution in [0.3, 0.4) is 0 Å². The second-order valence-corrected chi connectivity index (χ2v) is 12.2. The molecule has 1 saturated carbocycles. The average molecular weight is 566 g/mol. The molecule has 1 aliphatic carbocycles. The van der Waals surface area contributed by atoms with Gasteiger partial charge in [0.15, 0.2) is 0 Å². The summed E-state index contributed by atoms with van der Waals surface area (Å²) in [5, 5.41) is 3.73. The maximum Gasteiger partial charge on any atom is 0.243 e. The Bertz CT molecular complexity index is 1170. The molecule has 1 aliphatic rings. The molecule has 0 spiro atoms. The van der Waals surface area contributed by atoms with Gasteiger partial charge < -0.3 is 10.2 Å². The van der Waals surface area contributed by atoms with E-state index in [9.17, 15) is 22.4 Å². The Balaban J connectivity index is 1.74. The lowest BCUT2D eigenvalue weighted by atomic mass is 9.95. The van der Waals surface area contributed by atoms with Crippen molar-refractivity contribution in [2.75, 3.05) is 17.1 Å². The van der Waals surface area contributed by atoms with Gasteiger partial charge in [-0.3, -0.25) is 13.9 Å². The van der Waals surface area contributed by atoms with Gasteiger partial charge in [0.05, 0.1) is 11.9 Å². The fourth-order valence-electron chi connectivity index (χ4n) is 4.86. The molecule has 1 atom stereocenters. The molecule has 0 aromatic heterocycles. The molecule has 2 aromatic rings. The highest BCUT2D eigenvalue weighted by Crippen LogP contribution is 2.22. The normalized spacial score (nSPS) is 15.1. The molecule has 0 saturated heterocycles. The summed E-state index contributed by atoms with van der Waals surface area (Å²) in [5.41, 5.74) is 1.17. The third-order valence-corrected chi connectivity index (χ3v) is 8.32. The lowest BCUT2D eigenvalue weighted by molar-refractivity contribution is -0.141. The average Bonchev–Trinajstić information content (AvgIpc) is 2.88. The minimum Gasteiger partial charge on any atom is -0.352 e. The van der Waals surface area contributed by atoms with Crippen LogP contribution >= 0.6 is 11.6 Å². The van der Waals surface area contributed by atoms with Crippen LogP contribution in [0.1, 0.15) is 63.9 Å². The van der Waals surface area contributed by atoms with E-state index in [1.54, 1.807) is 17.0 Å². The predicted octanol–water partition coefficient (Wildman–Crippen LogP) is 5.28. The highest BCUT2D eigenvalue weighted by Gasteiger charge is 2.30. The molecule has 10 heteroatoms. The number of carbonyl (C=O) groups is 2. The quantitative estimate of drug-likeness (QED) is 0.379. The molecule has 208 valence electrons. The Labute approximate surface area is 230 Å². The molecular weight excluding hydrogens is 529 g/mol. The molecule has 38 heavy (non-hydrogen) atoms. The van der Waals surface area contributed by atoms with E-state index in [1.807, 2.05) is 19.1 Å². The summed E-state index contributed by atoms with van der Waals surface area (Å²) in [6, 6.07) is 11.8. The van der Waals surface area contributed by atoms with E-state index in [0.29, 0.717) is 17.1 Å². The van der Waals surface area contributed by atoms with Crippen LogP contribution in [0, 0.1) is 5.82 Å². The van der Waals surface area contributed by atoms with Crippen molar-refractivity contribution in [2.45, 2.75) is 76.9 Å². The van der Waals surface area contributed by atoms with Gasteiger partial charge in [0, 0.05) is 30.6 Å². The van der Waals surface area contributed by atoms with E-state index in [0.717, 1.165) is 41.8 Å². The summed E-state index contributed by atoms with van der Waals surface area (Å²) in [6.07, 6.45) is 7.04. The number of carbonyl (C=O) groups excluding carboxylic acids is 2. The topological polar surface area (TPSA) is 86.8 Å². The molecule has 0 radical (unpaired) electrons. The number of benzene rings is 2. The van der Waals surface area contributed by atoms with E-state index in [2.05, 4.69) is 5.32 Å². The zero-order chi connectivity index (χ0) is 27.7. The maximum absolute atomic E-state index is 13.5. The Kier molecular flexibility index (Phi) is 11.0. The lowest BCUT2D eigenvalue weighted by Gasteiger charge is -2.33. The summed E-state index contributed by atoms with van der Waals surface area (Å²) < 4.78 is 39.3. The van der Waals surface area contributed by atoms with Gasteiger partial charge in [-0.2, -0.15) is 0 Å². The van der Waals surface area contributed by atoms with Gasteiger partial charge >= 0.3 is 0 Å². The number of anilines is 1. The van der Waals surface area contributed by atoms with E-state index in [-0.39, 0.29) is 43.8 Å². The number of rotatable bonds is 12. The van der Waals surface area contributed by atoms with Gasteiger partial charge in [0.2, 0.25) is 21.8 Å². The van der Waals surface area contributed by atoms with Gasteiger partial charge in [-0.1, -0.05) is 49.9 Å². The highest BCUT2D eigenvalue weighted by molar-refractivity contribution is 7.92. The summed E-state index contributed by atoms with van der Waals surface area (Å²) in [6.45, 7) is 2.17. The van der Waals surface area contributed by atoms with E-state index in [4.69, 9.17) is 11.6 Å². The number of nitrogens with zero attached hydrogens (tertiary/aromatic N) is 2. The van der Waals surface area contributed by atoms with Crippen LogP contribution in [-0.4, -0.2) is 50.0 Å². The van der Waals surface area contributed by atoms with E-state index < -0.39 is 21.9 Å². The van der Waals surface area contributed by atoms with Crippen LogP contribution in [0.2, 0.25) is 5.02 Å². The Morgan fingerprint density at radius 2 is 1.68 bits per heavy atom. The molecular formula is C28H37ClFN3O4S. The minimum atomic E-state index is -3.64. The van der Waals surface area contributed by atoms with Gasteiger partial charge in [-0.05, 0) is 67.6 Å². The van der Waals surface area contributed by atoms with Crippen molar-refractivity contribution in [2.24, 2.45) is 0 Å². The molecule has 3 rings (SSSR count). The Morgan fingerprint density at radius 1 is 1.05 bits per heavy atom. The third kappa shape index (κ3) is 8.70. The predicted molar refractivity (Wildman–Crippen MR) is 149 cm³/mol. The standard InChI is InChI=1S/C28H37ClFN3O4S/c1-3-26(28(35)31-24-8-5-4-6-9-24)32(20-21-11-13-22(29)14-12-21)27(34)10-7-19-33(38(2,36)37)25-17-15-23(30)16-18-25/h11-18,24,26H,3-10,19-20H2,1-2H3,(H,31,35). The summed E-state index contributed by atoms with van der Waals surface area (Å²) in [4.78, 5) is 28.4. The van der Waals surface area contributed by atoms with Crippen molar-refractivity contribution >= 4 is 39.1 Å². The fourth-order valence-corrected chi connectivity index (χ4v) is 5.95. The van der Waals surface area contributed by atoms with E-state index >= 15 is 0 Å². The monoisotopic (exact) mass is 565 g/mol. The first kappa shape index (κ1) is 29.9. The number of halogens is 2. The molecule has 0 heterocycles. The SMILES string of the molecule is CCC(C(=O)NC1CCCCC1)N(Cc1ccc(Cl)cc1)C(=O)CCCN(c1ccc(F)cc1)S(C)(=O)=O. The number of amides is 2. The van der Waals surface area contributed by atoms with Gasteiger partial charge in [0.1, 0.15) is 11.9 Å². The zero-order valence-corrected chi connectivity index (χ0v) is 23.6. The molecule has 1 N–H and O–H groups in total. The third-order valence-electron chi connectivity index (χ3n) is 6.87. The number of hydrogen-bond acceptors (Lipinski definition) is 4. The van der Waals surface area contributed by atoms with Crippen molar-refractivity contribution < 1.29 is 22.4 Å². The first-order chi connectivity index (χ1) is 18.1. The molecule has 1 unspecified atom stereocenters. The smallest absolute Gasteiger partial charge is 0.243 e. The van der Waals surface area contributed by atoms with Crippen LogP contribution < -0.4 is 9.62 Å².